The number of carbonyl (C=O) groups is 2. The first kappa shape index (κ1) is 16.0. The average Bonchev–Trinajstić information content (AvgIpc) is 2.69. The number of amides is 2. The van der Waals surface area contributed by atoms with Gasteiger partial charge in [-0.1, -0.05) is 26.8 Å². The molecule has 2 heterocycles. The van der Waals surface area contributed by atoms with E-state index in [1.165, 1.54) is 0 Å². The fraction of sp³-hybridized carbons (Fsp3) is 0.611. The van der Waals surface area contributed by atoms with E-state index in [1.807, 2.05) is 13.0 Å². The monoisotopic (exact) mass is 315 g/mol. The number of hydrogen-bond donors (Lipinski definition) is 1. The van der Waals surface area contributed by atoms with Gasteiger partial charge in [0.25, 0.3) is 0 Å². The smallest absolute Gasteiger partial charge is 0.315 e. The van der Waals surface area contributed by atoms with Gasteiger partial charge in [0.05, 0.1) is 0 Å². The van der Waals surface area contributed by atoms with E-state index in [-0.39, 0.29) is 16.9 Å². The van der Waals surface area contributed by atoms with Crippen LogP contribution >= 0.6 is 0 Å². The van der Waals surface area contributed by atoms with Gasteiger partial charge in [-0.2, -0.15) is 0 Å². The molecular formula is C18H25N3O2. The van der Waals surface area contributed by atoms with Crippen LogP contribution in [-0.4, -0.2) is 34.3 Å². The number of fused-ring (bicyclic) bond motifs is 2. The Hall–Kier alpha value is -1.91. The van der Waals surface area contributed by atoms with Crippen LogP contribution in [-0.2, 0) is 9.59 Å². The second kappa shape index (κ2) is 5.32. The summed E-state index contributed by atoms with van der Waals surface area (Å²) in [5.74, 6) is -0.554. The van der Waals surface area contributed by atoms with Crippen molar-refractivity contribution in [3.05, 3.63) is 23.9 Å². The van der Waals surface area contributed by atoms with Gasteiger partial charge >= 0.3 is 11.8 Å². The summed E-state index contributed by atoms with van der Waals surface area (Å²) >= 11 is 0. The summed E-state index contributed by atoms with van der Waals surface area (Å²) in [6.45, 7) is 9.27. The van der Waals surface area contributed by atoms with Gasteiger partial charge < -0.3 is 10.2 Å². The van der Waals surface area contributed by atoms with Crippen molar-refractivity contribution in [2.24, 2.45) is 10.8 Å². The van der Waals surface area contributed by atoms with Gasteiger partial charge in [0.15, 0.2) is 0 Å². The molecular weight excluding hydrogens is 290 g/mol. The van der Waals surface area contributed by atoms with E-state index in [2.05, 4.69) is 31.1 Å². The number of nitrogens with one attached hydrogen (secondary N) is 1. The highest BCUT2D eigenvalue weighted by atomic mass is 16.2. The number of likely N-dealkylation sites (tertiary alicyclic amines) is 1. The fourth-order valence-corrected chi connectivity index (χ4v) is 4.61. The zero-order valence-electron chi connectivity index (χ0n) is 14.3. The van der Waals surface area contributed by atoms with Crippen LogP contribution in [0.25, 0.3) is 0 Å². The van der Waals surface area contributed by atoms with Crippen molar-refractivity contribution >= 4 is 17.6 Å². The number of pyridine rings is 1. The molecule has 1 N–H and O–H groups in total. The van der Waals surface area contributed by atoms with Crippen LogP contribution in [0.4, 0.5) is 5.82 Å². The minimum atomic E-state index is -0.583. The van der Waals surface area contributed by atoms with Gasteiger partial charge in [0.1, 0.15) is 5.82 Å². The summed E-state index contributed by atoms with van der Waals surface area (Å²) in [7, 11) is 0. The Labute approximate surface area is 137 Å². The molecule has 2 unspecified atom stereocenters. The van der Waals surface area contributed by atoms with E-state index in [4.69, 9.17) is 0 Å². The first-order valence-electron chi connectivity index (χ1n) is 8.23. The average molecular weight is 315 g/mol. The largest absolute Gasteiger partial charge is 0.331 e. The topological polar surface area (TPSA) is 62.3 Å². The number of carbonyl (C=O) groups excluding carboxylic acids is 2. The highest BCUT2D eigenvalue weighted by molar-refractivity contribution is 6.39. The highest BCUT2D eigenvalue weighted by Crippen LogP contribution is 2.52. The number of nitrogens with zero attached hydrogens (tertiary/aromatic N) is 2. The molecule has 0 radical (unpaired) electrons. The number of hydrogen-bond acceptors (Lipinski definition) is 3. The van der Waals surface area contributed by atoms with Crippen LogP contribution in [0.3, 0.4) is 0 Å². The molecule has 5 heteroatoms. The van der Waals surface area contributed by atoms with E-state index < -0.39 is 11.8 Å². The number of aromatic nitrogens is 1. The quantitative estimate of drug-likeness (QED) is 0.811. The summed E-state index contributed by atoms with van der Waals surface area (Å²) in [5.41, 5.74) is 1.20. The maximum Gasteiger partial charge on any atom is 0.315 e. The Morgan fingerprint density at radius 2 is 2.04 bits per heavy atom. The Bertz CT molecular complexity index is 655. The Balaban J connectivity index is 1.74. The fourth-order valence-electron chi connectivity index (χ4n) is 4.61. The zero-order valence-corrected chi connectivity index (χ0v) is 14.3. The van der Waals surface area contributed by atoms with E-state index in [9.17, 15) is 9.59 Å². The number of anilines is 1. The van der Waals surface area contributed by atoms with Crippen LogP contribution < -0.4 is 5.32 Å². The molecule has 0 spiro atoms. The van der Waals surface area contributed by atoms with Gasteiger partial charge in [0.2, 0.25) is 0 Å². The van der Waals surface area contributed by atoms with Gasteiger partial charge in [-0.05, 0) is 48.6 Å². The predicted octanol–water partition coefficient (Wildman–Crippen LogP) is 2.76. The minimum absolute atomic E-state index is 0.128. The zero-order chi connectivity index (χ0) is 16.8. The Morgan fingerprint density at radius 1 is 1.30 bits per heavy atom. The molecule has 2 fully saturated rings. The number of aryl methyl sites for hydroxylation is 1. The van der Waals surface area contributed by atoms with E-state index in [0.717, 1.165) is 24.8 Å². The lowest BCUT2D eigenvalue weighted by Crippen LogP contribution is -2.43. The molecule has 1 saturated heterocycles. The molecule has 124 valence electrons. The Kier molecular flexibility index (Phi) is 3.69. The molecule has 1 saturated carbocycles. The normalized spacial score (nSPS) is 28.5. The van der Waals surface area contributed by atoms with E-state index >= 15 is 0 Å². The first-order valence-corrected chi connectivity index (χ1v) is 8.23. The van der Waals surface area contributed by atoms with Crippen molar-refractivity contribution in [3.63, 3.8) is 0 Å². The summed E-state index contributed by atoms with van der Waals surface area (Å²) in [4.78, 5) is 30.9. The van der Waals surface area contributed by atoms with E-state index in [0.29, 0.717) is 12.4 Å². The van der Waals surface area contributed by atoms with Crippen molar-refractivity contribution in [2.75, 3.05) is 11.9 Å². The third-order valence-electron chi connectivity index (χ3n) is 5.11. The van der Waals surface area contributed by atoms with Gasteiger partial charge in [-0.3, -0.25) is 9.59 Å². The SMILES string of the molecule is Cc1cccnc1NC(=O)C(=O)N1CC2(C)CC1CC(C)(C)C2. The van der Waals surface area contributed by atoms with E-state index in [1.54, 1.807) is 17.2 Å². The standard InChI is InChI=1S/C18H25N3O2/c1-12-6-5-7-19-14(12)20-15(22)16(23)21-11-18(4)9-13(21)8-17(2,3)10-18/h5-7,13H,8-11H2,1-4H3,(H,19,20,22). The van der Waals surface area contributed by atoms with Gasteiger partial charge in [-0.25, -0.2) is 4.98 Å². The molecule has 1 aromatic heterocycles. The molecule has 1 aliphatic heterocycles. The molecule has 0 aromatic carbocycles. The van der Waals surface area contributed by atoms with Crippen LogP contribution in [0.5, 0.6) is 0 Å². The summed E-state index contributed by atoms with van der Waals surface area (Å²) in [6, 6.07) is 3.84. The minimum Gasteiger partial charge on any atom is -0.331 e. The van der Waals surface area contributed by atoms with Crippen molar-refractivity contribution in [3.8, 4) is 0 Å². The third kappa shape index (κ3) is 3.09. The molecule has 5 nitrogen and oxygen atoms in total. The van der Waals surface area contributed by atoms with Crippen LogP contribution in [0.1, 0.15) is 45.6 Å². The van der Waals surface area contributed by atoms with Crippen molar-refractivity contribution in [2.45, 2.75) is 53.0 Å². The van der Waals surface area contributed by atoms with Crippen LogP contribution in [0.15, 0.2) is 18.3 Å². The Morgan fingerprint density at radius 3 is 2.74 bits per heavy atom. The molecule has 1 aromatic rings. The summed E-state index contributed by atoms with van der Waals surface area (Å²) in [5, 5.41) is 2.66. The predicted molar refractivity (Wildman–Crippen MR) is 88.8 cm³/mol. The van der Waals surface area contributed by atoms with Crippen molar-refractivity contribution in [1.29, 1.82) is 0 Å². The highest BCUT2D eigenvalue weighted by Gasteiger charge is 2.51. The lowest BCUT2D eigenvalue weighted by molar-refractivity contribution is -0.144. The maximum absolute atomic E-state index is 12.6. The second-order valence-corrected chi connectivity index (χ2v) is 8.27. The second-order valence-electron chi connectivity index (χ2n) is 8.27. The maximum atomic E-state index is 12.6. The molecule has 23 heavy (non-hydrogen) atoms. The molecule has 2 aliphatic rings. The molecule has 2 atom stereocenters. The lowest BCUT2D eigenvalue weighted by atomic mass is 9.65. The van der Waals surface area contributed by atoms with Gasteiger partial charge in [-0.15, -0.1) is 0 Å². The summed E-state index contributed by atoms with van der Waals surface area (Å²) < 4.78 is 0. The van der Waals surface area contributed by atoms with Crippen molar-refractivity contribution in [1.82, 2.24) is 9.88 Å². The molecule has 2 amide bonds. The summed E-state index contributed by atoms with van der Waals surface area (Å²) in [6.07, 6.45) is 4.67. The van der Waals surface area contributed by atoms with Crippen LogP contribution in [0.2, 0.25) is 0 Å². The molecule has 2 bridgehead atoms. The van der Waals surface area contributed by atoms with Crippen LogP contribution in [0, 0.1) is 17.8 Å². The third-order valence-corrected chi connectivity index (χ3v) is 5.11. The number of rotatable bonds is 1. The lowest BCUT2D eigenvalue weighted by Gasteiger charge is -2.39. The molecule has 3 rings (SSSR count). The molecule has 1 aliphatic carbocycles. The first-order chi connectivity index (χ1) is 10.7. The van der Waals surface area contributed by atoms with Gasteiger partial charge in [0, 0.05) is 18.8 Å². The van der Waals surface area contributed by atoms with Crippen molar-refractivity contribution < 1.29 is 9.59 Å².